The molecule has 2 amide bonds. The molecule has 0 fully saturated rings. The van der Waals surface area contributed by atoms with E-state index in [2.05, 4.69) is 21.2 Å². The predicted octanol–water partition coefficient (Wildman–Crippen LogP) is 6.85. The van der Waals surface area contributed by atoms with E-state index in [9.17, 15) is 18.0 Å². The first-order chi connectivity index (χ1) is 21.1. The topological polar surface area (TPSA) is 86.8 Å². The quantitative estimate of drug-likeness (QED) is 0.166. The number of nitrogens with zero attached hydrogens (tertiary/aromatic N) is 2. The molecule has 4 aromatic rings. The van der Waals surface area contributed by atoms with E-state index in [0.29, 0.717) is 11.4 Å². The summed E-state index contributed by atoms with van der Waals surface area (Å²) in [4.78, 5) is 29.8. The highest BCUT2D eigenvalue weighted by atomic mass is 79.9. The van der Waals surface area contributed by atoms with Crippen LogP contribution >= 0.6 is 27.5 Å². The van der Waals surface area contributed by atoms with E-state index in [1.165, 1.54) is 23.1 Å². The molecule has 4 rings (SSSR count). The Kier molecular flexibility index (Phi) is 11.6. The Bertz CT molecular complexity index is 1660. The molecule has 0 spiro atoms. The van der Waals surface area contributed by atoms with Crippen molar-refractivity contribution in [2.45, 2.75) is 50.2 Å². The molecule has 0 bridgehead atoms. The van der Waals surface area contributed by atoms with Gasteiger partial charge in [0.2, 0.25) is 11.8 Å². The number of rotatable bonds is 13. The number of sulfonamides is 1. The molecule has 0 radical (unpaired) electrons. The van der Waals surface area contributed by atoms with Crippen molar-refractivity contribution in [1.82, 2.24) is 10.2 Å². The van der Waals surface area contributed by atoms with Gasteiger partial charge in [-0.2, -0.15) is 0 Å². The number of hydrogen-bond acceptors (Lipinski definition) is 4. The normalized spacial score (nSPS) is 12.6. The third-order valence-electron chi connectivity index (χ3n) is 7.24. The van der Waals surface area contributed by atoms with Gasteiger partial charge in [-0.1, -0.05) is 101 Å². The number of benzene rings is 4. The van der Waals surface area contributed by atoms with Crippen LogP contribution in [0.5, 0.6) is 0 Å². The highest BCUT2D eigenvalue weighted by molar-refractivity contribution is 9.10. The standard InChI is InChI=1S/C34H35BrClN3O4S/c1-3-25(2)37-34(41)32(21-26-11-6-4-7-12-26)38(23-27-17-19-28(35)20-18-27)33(40)24-39(30-14-10-13-29(36)22-30)44(42,43)31-15-8-5-9-16-31/h4-20,22,25,32H,3,21,23-24H2,1-2H3,(H,37,41)/t25-,32+/m0/s1. The van der Waals surface area contributed by atoms with Crippen LogP contribution in [0.1, 0.15) is 31.4 Å². The van der Waals surface area contributed by atoms with Crippen molar-refractivity contribution in [2.24, 2.45) is 0 Å². The van der Waals surface area contributed by atoms with Gasteiger partial charge in [0.1, 0.15) is 12.6 Å². The van der Waals surface area contributed by atoms with E-state index in [4.69, 9.17) is 11.6 Å². The molecule has 0 aliphatic heterocycles. The molecular formula is C34H35BrClN3O4S. The smallest absolute Gasteiger partial charge is 0.264 e. The van der Waals surface area contributed by atoms with Crippen molar-refractivity contribution in [3.8, 4) is 0 Å². The van der Waals surface area contributed by atoms with E-state index in [1.54, 1.807) is 36.4 Å². The van der Waals surface area contributed by atoms with Gasteiger partial charge in [0.15, 0.2) is 0 Å². The average molecular weight is 697 g/mol. The van der Waals surface area contributed by atoms with Gasteiger partial charge in [-0.25, -0.2) is 8.42 Å². The molecule has 2 atom stereocenters. The third-order valence-corrected chi connectivity index (χ3v) is 9.80. The summed E-state index contributed by atoms with van der Waals surface area (Å²) in [5, 5.41) is 3.36. The van der Waals surface area contributed by atoms with Gasteiger partial charge in [0, 0.05) is 28.5 Å². The Morgan fingerprint density at radius 2 is 1.50 bits per heavy atom. The zero-order valence-electron chi connectivity index (χ0n) is 24.6. The van der Waals surface area contributed by atoms with E-state index in [0.717, 1.165) is 19.9 Å². The van der Waals surface area contributed by atoms with Crippen LogP contribution in [-0.2, 0) is 32.6 Å². The van der Waals surface area contributed by atoms with Gasteiger partial charge in [-0.15, -0.1) is 0 Å². The average Bonchev–Trinajstić information content (AvgIpc) is 3.03. The summed E-state index contributed by atoms with van der Waals surface area (Å²) in [5.74, 6) is -0.846. The fraction of sp³-hybridized carbons (Fsp3) is 0.235. The lowest BCUT2D eigenvalue weighted by Gasteiger charge is -2.34. The SMILES string of the molecule is CC[C@H](C)NC(=O)[C@@H](Cc1ccccc1)N(Cc1ccc(Br)cc1)C(=O)CN(c1cccc(Cl)c1)S(=O)(=O)c1ccccc1. The highest BCUT2D eigenvalue weighted by Gasteiger charge is 2.35. The van der Waals surface area contributed by atoms with Crippen LogP contribution in [0, 0.1) is 0 Å². The molecule has 44 heavy (non-hydrogen) atoms. The molecule has 0 unspecified atom stereocenters. The lowest BCUT2D eigenvalue weighted by molar-refractivity contribution is -0.140. The Morgan fingerprint density at radius 3 is 2.11 bits per heavy atom. The first-order valence-electron chi connectivity index (χ1n) is 14.3. The number of nitrogens with one attached hydrogen (secondary N) is 1. The lowest BCUT2D eigenvalue weighted by atomic mass is 10.0. The molecule has 1 N–H and O–H groups in total. The summed E-state index contributed by atoms with van der Waals surface area (Å²) in [6, 6.07) is 30.2. The van der Waals surface area contributed by atoms with E-state index in [-0.39, 0.29) is 35.5 Å². The van der Waals surface area contributed by atoms with Crippen molar-refractivity contribution in [3.63, 3.8) is 0 Å². The number of hydrogen-bond donors (Lipinski definition) is 1. The Morgan fingerprint density at radius 1 is 0.864 bits per heavy atom. The molecule has 0 aliphatic rings. The fourth-order valence-electron chi connectivity index (χ4n) is 4.66. The first-order valence-corrected chi connectivity index (χ1v) is 16.9. The molecule has 230 valence electrons. The lowest BCUT2D eigenvalue weighted by Crippen LogP contribution is -2.54. The van der Waals surface area contributed by atoms with Crippen molar-refractivity contribution >= 4 is 55.1 Å². The molecule has 0 saturated heterocycles. The van der Waals surface area contributed by atoms with E-state index in [1.807, 2.05) is 68.4 Å². The number of carbonyl (C=O) groups excluding carboxylic acids is 2. The zero-order valence-corrected chi connectivity index (χ0v) is 27.7. The number of anilines is 1. The Hall–Kier alpha value is -3.66. The molecular weight excluding hydrogens is 662 g/mol. The summed E-state index contributed by atoms with van der Waals surface area (Å²) < 4.78 is 29.9. The molecule has 0 saturated carbocycles. The second kappa shape index (κ2) is 15.4. The summed E-state index contributed by atoms with van der Waals surface area (Å²) in [7, 11) is -4.19. The van der Waals surface area contributed by atoms with Gasteiger partial charge < -0.3 is 10.2 Å². The summed E-state index contributed by atoms with van der Waals surface area (Å²) >= 11 is 9.73. The zero-order chi connectivity index (χ0) is 31.7. The Balaban J connectivity index is 1.80. The van der Waals surface area contributed by atoms with Crippen LogP contribution in [-0.4, -0.2) is 43.8 Å². The number of halogens is 2. The number of amides is 2. The second-order valence-corrected chi connectivity index (χ2v) is 13.7. The molecule has 0 aliphatic carbocycles. The van der Waals surface area contributed by atoms with Crippen molar-refractivity contribution < 1.29 is 18.0 Å². The van der Waals surface area contributed by atoms with Crippen LogP contribution in [0.4, 0.5) is 5.69 Å². The highest BCUT2D eigenvalue weighted by Crippen LogP contribution is 2.27. The predicted molar refractivity (Wildman–Crippen MR) is 179 cm³/mol. The minimum absolute atomic E-state index is 0.0302. The molecule has 10 heteroatoms. The van der Waals surface area contributed by atoms with Crippen LogP contribution < -0.4 is 9.62 Å². The van der Waals surface area contributed by atoms with Crippen molar-refractivity contribution in [2.75, 3.05) is 10.8 Å². The van der Waals surface area contributed by atoms with Gasteiger partial charge in [0.25, 0.3) is 10.0 Å². The summed E-state index contributed by atoms with van der Waals surface area (Å²) in [5.41, 5.74) is 1.90. The van der Waals surface area contributed by atoms with Crippen molar-refractivity contribution in [1.29, 1.82) is 0 Å². The monoisotopic (exact) mass is 695 g/mol. The molecule has 0 heterocycles. The molecule has 7 nitrogen and oxygen atoms in total. The van der Waals surface area contributed by atoms with Gasteiger partial charge in [0.05, 0.1) is 10.6 Å². The third kappa shape index (κ3) is 8.71. The largest absolute Gasteiger partial charge is 0.352 e. The van der Waals surface area contributed by atoms with Crippen LogP contribution in [0.25, 0.3) is 0 Å². The van der Waals surface area contributed by atoms with Crippen LogP contribution in [0.2, 0.25) is 5.02 Å². The maximum atomic E-state index is 14.5. The molecule has 4 aromatic carbocycles. The fourth-order valence-corrected chi connectivity index (χ4v) is 6.54. The maximum Gasteiger partial charge on any atom is 0.264 e. The summed E-state index contributed by atoms with van der Waals surface area (Å²) in [6.45, 7) is 3.42. The van der Waals surface area contributed by atoms with Gasteiger partial charge in [-0.3, -0.25) is 13.9 Å². The second-order valence-electron chi connectivity index (χ2n) is 10.5. The number of carbonyl (C=O) groups is 2. The van der Waals surface area contributed by atoms with Gasteiger partial charge >= 0.3 is 0 Å². The van der Waals surface area contributed by atoms with E-state index < -0.39 is 28.5 Å². The van der Waals surface area contributed by atoms with Crippen molar-refractivity contribution in [3.05, 3.63) is 130 Å². The van der Waals surface area contributed by atoms with E-state index >= 15 is 0 Å². The molecule has 0 aromatic heterocycles. The minimum atomic E-state index is -4.19. The summed E-state index contributed by atoms with van der Waals surface area (Å²) in [6.07, 6.45) is 0.955. The van der Waals surface area contributed by atoms with Crippen LogP contribution in [0.3, 0.4) is 0 Å². The maximum absolute atomic E-state index is 14.5. The first kappa shape index (κ1) is 33.2. The Labute approximate surface area is 273 Å². The minimum Gasteiger partial charge on any atom is -0.352 e. The van der Waals surface area contributed by atoms with Crippen LogP contribution in [0.15, 0.2) is 119 Å². The van der Waals surface area contributed by atoms with Gasteiger partial charge in [-0.05, 0) is 66.9 Å².